The van der Waals surface area contributed by atoms with Gasteiger partial charge in [-0.1, -0.05) is 31.5 Å². The predicted molar refractivity (Wildman–Crippen MR) is 65.4 cm³/mol. The molecule has 92 valence electrons. The first kappa shape index (κ1) is 12.0. The standard InChI is InChI=1S/C14H18O3/c1-8-5-6-10(17-4)9(7-8)11-12(13(15)16)14(11,2)3/h5-7,11-12H,1-4H3,(H,15,16). The summed E-state index contributed by atoms with van der Waals surface area (Å²) < 4.78 is 5.33. The van der Waals surface area contributed by atoms with Crippen LogP contribution in [-0.4, -0.2) is 18.2 Å². The molecule has 0 bridgehead atoms. The Balaban J connectivity index is 2.42. The van der Waals surface area contributed by atoms with Gasteiger partial charge in [-0.15, -0.1) is 0 Å². The lowest BCUT2D eigenvalue weighted by Gasteiger charge is -2.10. The highest BCUT2D eigenvalue weighted by Crippen LogP contribution is 2.65. The molecule has 0 aliphatic heterocycles. The number of ether oxygens (including phenoxy) is 1. The van der Waals surface area contributed by atoms with Crippen LogP contribution in [0.15, 0.2) is 18.2 Å². The number of aryl methyl sites for hydroxylation is 1. The Morgan fingerprint density at radius 2 is 2.06 bits per heavy atom. The third-order valence-corrected chi connectivity index (χ3v) is 3.81. The van der Waals surface area contributed by atoms with Gasteiger partial charge in [-0.3, -0.25) is 4.79 Å². The van der Waals surface area contributed by atoms with Crippen molar-refractivity contribution >= 4 is 5.97 Å². The van der Waals surface area contributed by atoms with Gasteiger partial charge in [-0.25, -0.2) is 0 Å². The van der Waals surface area contributed by atoms with Gasteiger partial charge in [-0.2, -0.15) is 0 Å². The number of carboxylic acid groups (broad SMARTS) is 1. The molecule has 0 aromatic heterocycles. The molecule has 1 aliphatic rings. The van der Waals surface area contributed by atoms with Crippen LogP contribution in [0.2, 0.25) is 0 Å². The largest absolute Gasteiger partial charge is 0.496 e. The van der Waals surface area contributed by atoms with Crippen molar-refractivity contribution in [2.45, 2.75) is 26.7 Å². The fourth-order valence-corrected chi connectivity index (χ4v) is 2.78. The summed E-state index contributed by atoms with van der Waals surface area (Å²) in [6, 6.07) is 5.93. The zero-order valence-corrected chi connectivity index (χ0v) is 10.7. The molecule has 3 heteroatoms. The number of carboxylic acids is 1. The second-order valence-electron chi connectivity index (χ2n) is 5.36. The third kappa shape index (κ3) is 1.79. The minimum absolute atomic E-state index is 0.0508. The van der Waals surface area contributed by atoms with Crippen molar-refractivity contribution in [3.63, 3.8) is 0 Å². The predicted octanol–water partition coefficient (Wildman–Crippen LogP) is 2.83. The summed E-state index contributed by atoms with van der Waals surface area (Å²) >= 11 is 0. The Morgan fingerprint density at radius 3 is 2.53 bits per heavy atom. The second-order valence-corrected chi connectivity index (χ2v) is 5.36. The van der Waals surface area contributed by atoms with Crippen molar-refractivity contribution in [1.82, 2.24) is 0 Å². The number of hydrogen-bond acceptors (Lipinski definition) is 2. The summed E-state index contributed by atoms with van der Waals surface area (Å²) in [6.07, 6.45) is 0. The lowest BCUT2D eigenvalue weighted by atomic mass is 10.0. The number of hydrogen-bond donors (Lipinski definition) is 1. The maximum Gasteiger partial charge on any atom is 0.307 e. The van der Waals surface area contributed by atoms with Crippen LogP contribution in [0.4, 0.5) is 0 Å². The molecule has 2 rings (SSSR count). The van der Waals surface area contributed by atoms with E-state index in [-0.39, 0.29) is 17.3 Å². The van der Waals surface area contributed by atoms with Crippen LogP contribution < -0.4 is 4.74 Å². The van der Waals surface area contributed by atoms with E-state index >= 15 is 0 Å². The summed E-state index contributed by atoms with van der Waals surface area (Å²) in [4.78, 5) is 11.2. The molecule has 0 radical (unpaired) electrons. The summed E-state index contributed by atoms with van der Waals surface area (Å²) in [5.74, 6) is -0.186. The number of carbonyl (C=O) groups is 1. The fourth-order valence-electron chi connectivity index (χ4n) is 2.78. The Morgan fingerprint density at radius 1 is 1.41 bits per heavy atom. The van der Waals surface area contributed by atoms with E-state index in [1.54, 1.807) is 7.11 Å². The van der Waals surface area contributed by atoms with Gasteiger partial charge in [0.1, 0.15) is 5.75 Å². The van der Waals surface area contributed by atoms with Gasteiger partial charge >= 0.3 is 5.97 Å². The normalized spacial score (nSPS) is 25.4. The van der Waals surface area contributed by atoms with Gasteiger partial charge < -0.3 is 9.84 Å². The molecule has 1 aromatic carbocycles. The molecule has 3 nitrogen and oxygen atoms in total. The summed E-state index contributed by atoms with van der Waals surface area (Å²) in [6.45, 7) is 6.00. The van der Waals surface area contributed by atoms with Crippen LogP contribution in [0.5, 0.6) is 5.75 Å². The molecule has 1 fully saturated rings. The molecular formula is C14H18O3. The Labute approximate surface area is 101 Å². The number of methoxy groups -OCH3 is 1. The molecule has 0 amide bonds. The SMILES string of the molecule is COc1ccc(C)cc1C1C(C(=O)O)C1(C)C. The molecule has 1 aliphatic carbocycles. The van der Waals surface area contributed by atoms with Crippen molar-refractivity contribution in [1.29, 1.82) is 0 Å². The number of aliphatic carboxylic acids is 1. The molecule has 17 heavy (non-hydrogen) atoms. The first-order chi connectivity index (χ1) is 7.89. The summed E-state index contributed by atoms with van der Waals surface area (Å²) in [5.41, 5.74) is 1.96. The first-order valence-corrected chi connectivity index (χ1v) is 5.77. The highest BCUT2D eigenvalue weighted by Gasteiger charge is 2.63. The first-order valence-electron chi connectivity index (χ1n) is 5.77. The fraction of sp³-hybridized carbons (Fsp3) is 0.500. The van der Waals surface area contributed by atoms with Crippen LogP contribution in [0.25, 0.3) is 0 Å². The second kappa shape index (κ2) is 3.76. The Hall–Kier alpha value is -1.51. The van der Waals surface area contributed by atoms with E-state index in [4.69, 9.17) is 4.74 Å². The van der Waals surface area contributed by atoms with Crippen LogP contribution in [0.3, 0.4) is 0 Å². The summed E-state index contributed by atoms with van der Waals surface area (Å²) in [5, 5.41) is 9.21. The average molecular weight is 234 g/mol. The molecule has 2 unspecified atom stereocenters. The van der Waals surface area contributed by atoms with Crippen molar-refractivity contribution in [3.8, 4) is 5.75 Å². The van der Waals surface area contributed by atoms with E-state index in [0.717, 1.165) is 16.9 Å². The zero-order valence-electron chi connectivity index (χ0n) is 10.7. The zero-order chi connectivity index (χ0) is 12.8. The molecule has 0 heterocycles. The average Bonchev–Trinajstić information content (AvgIpc) is 2.81. The monoisotopic (exact) mass is 234 g/mol. The van der Waals surface area contributed by atoms with Crippen molar-refractivity contribution < 1.29 is 14.6 Å². The highest BCUT2D eigenvalue weighted by atomic mass is 16.5. The topological polar surface area (TPSA) is 46.5 Å². The van der Waals surface area contributed by atoms with E-state index in [0.29, 0.717) is 0 Å². The van der Waals surface area contributed by atoms with Crippen LogP contribution in [0.1, 0.15) is 30.9 Å². The maximum absolute atomic E-state index is 11.2. The number of rotatable bonds is 3. The van der Waals surface area contributed by atoms with Gasteiger partial charge in [0, 0.05) is 5.92 Å². The minimum Gasteiger partial charge on any atom is -0.496 e. The molecule has 2 atom stereocenters. The molecule has 1 saturated carbocycles. The van der Waals surface area contributed by atoms with Crippen LogP contribution >= 0.6 is 0 Å². The Kier molecular flexibility index (Phi) is 2.64. The van der Waals surface area contributed by atoms with Crippen LogP contribution in [-0.2, 0) is 4.79 Å². The lowest BCUT2D eigenvalue weighted by molar-refractivity contribution is -0.139. The van der Waals surface area contributed by atoms with E-state index in [1.165, 1.54) is 0 Å². The van der Waals surface area contributed by atoms with Gasteiger partial charge in [-0.05, 0) is 24.0 Å². The van der Waals surface area contributed by atoms with E-state index < -0.39 is 5.97 Å². The van der Waals surface area contributed by atoms with Gasteiger partial charge in [0.25, 0.3) is 0 Å². The van der Waals surface area contributed by atoms with Crippen LogP contribution in [0, 0.1) is 18.3 Å². The molecule has 0 saturated heterocycles. The molecular weight excluding hydrogens is 216 g/mol. The van der Waals surface area contributed by atoms with E-state index in [2.05, 4.69) is 0 Å². The summed E-state index contributed by atoms with van der Waals surface area (Å²) in [7, 11) is 1.62. The van der Waals surface area contributed by atoms with E-state index in [9.17, 15) is 9.90 Å². The van der Waals surface area contributed by atoms with Crippen molar-refractivity contribution in [3.05, 3.63) is 29.3 Å². The van der Waals surface area contributed by atoms with Crippen molar-refractivity contribution in [2.24, 2.45) is 11.3 Å². The highest BCUT2D eigenvalue weighted by molar-refractivity contribution is 5.78. The smallest absolute Gasteiger partial charge is 0.307 e. The molecule has 1 N–H and O–H groups in total. The third-order valence-electron chi connectivity index (χ3n) is 3.81. The van der Waals surface area contributed by atoms with E-state index in [1.807, 2.05) is 39.0 Å². The maximum atomic E-state index is 11.2. The molecule has 1 aromatic rings. The Bertz CT molecular complexity index is 463. The quantitative estimate of drug-likeness (QED) is 0.874. The lowest BCUT2D eigenvalue weighted by Crippen LogP contribution is -2.03. The van der Waals surface area contributed by atoms with Gasteiger partial charge in [0.2, 0.25) is 0 Å². The minimum atomic E-state index is -0.719. The van der Waals surface area contributed by atoms with Gasteiger partial charge in [0.15, 0.2) is 0 Å². The van der Waals surface area contributed by atoms with Crippen molar-refractivity contribution in [2.75, 3.05) is 7.11 Å². The van der Waals surface area contributed by atoms with Gasteiger partial charge in [0.05, 0.1) is 13.0 Å². The number of benzene rings is 1. The molecule has 0 spiro atoms.